The van der Waals surface area contributed by atoms with Crippen molar-refractivity contribution < 1.29 is 4.79 Å². The first-order chi connectivity index (χ1) is 10.8. The molecule has 3 nitrogen and oxygen atoms in total. The third-order valence-electron chi connectivity index (χ3n) is 5.39. The second-order valence-corrected chi connectivity index (χ2v) is 7.28. The molecule has 2 aliphatic carbocycles. The van der Waals surface area contributed by atoms with E-state index in [4.69, 9.17) is 0 Å². The summed E-state index contributed by atoms with van der Waals surface area (Å²) in [5.74, 6) is 1.83. The summed E-state index contributed by atoms with van der Waals surface area (Å²) in [6.07, 6.45) is 7.65. The van der Waals surface area contributed by atoms with E-state index in [1.54, 1.807) is 0 Å². The number of carbonyl (C=O) groups excluding carboxylic acids is 1. The first-order valence-corrected chi connectivity index (χ1v) is 8.94. The van der Waals surface area contributed by atoms with Gasteiger partial charge < -0.3 is 10.2 Å². The van der Waals surface area contributed by atoms with Crippen LogP contribution in [-0.4, -0.2) is 36.5 Å². The molecule has 2 atom stereocenters. The monoisotopic (exact) mass is 298 g/mol. The van der Waals surface area contributed by atoms with Crippen molar-refractivity contribution in [2.24, 2.45) is 5.92 Å². The van der Waals surface area contributed by atoms with Crippen LogP contribution < -0.4 is 5.32 Å². The normalized spacial score (nSPS) is 27.7. The molecule has 1 saturated heterocycles. The van der Waals surface area contributed by atoms with Gasteiger partial charge in [-0.15, -0.1) is 0 Å². The Morgan fingerprint density at radius 2 is 1.82 bits per heavy atom. The highest BCUT2D eigenvalue weighted by Gasteiger charge is 2.38. The summed E-state index contributed by atoms with van der Waals surface area (Å²) >= 11 is 0. The number of amides is 1. The number of hydrogen-bond donors (Lipinski definition) is 1. The number of nitrogens with zero attached hydrogens (tertiary/aromatic N) is 1. The predicted molar refractivity (Wildman–Crippen MR) is 88.1 cm³/mol. The van der Waals surface area contributed by atoms with Crippen molar-refractivity contribution in [2.45, 2.75) is 50.5 Å². The van der Waals surface area contributed by atoms with E-state index < -0.39 is 0 Å². The molecular formula is C19H26N2O. The highest BCUT2D eigenvalue weighted by atomic mass is 16.2. The molecule has 22 heavy (non-hydrogen) atoms. The van der Waals surface area contributed by atoms with Gasteiger partial charge in [-0.2, -0.15) is 0 Å². The van der Waals surface area contributed by atoms with Gasteiger partial charge in [-0.25, -0.2) is 0 Å². The highest BCUT2D eigenvalue weighted by molar-refractivity contribution is 5.94. The fraction of sp³-hybridized carbons (Fsp3) is 0.632. The lowest BCUT2D eigenvalue weighted by Gasteiger charge is -2.26. The fourth-order valence-corrected chi connectivity index (χ4v) is 3.58. The van der Waals surface area contributed by atoms with Crippen LogP contribution in [0.4, 0.5) is 0 Å². The van der Waals surface area contributed by atoms with Crippen molar-refractivity contribution in [3.05, 3.63) is 35.4 Å². The Bertz CT molecular complexity index is 529. The van der Waals surface area contributed by atoms with Crippen LogP contribution in [0.5, 0.6) is 0 Å². The number of piperidine rings is 1. The predicted octanol–water partition coefficient (Wildman–Crippen LogP) is 3.17. The zero-order valence-corrected chi connectivity index (χ0v) is 13.3. The van der Waals surface area contributed by atoms with Gasteiger partial charge in [-0.05, 0) is 68.7 Å². The zero-order valence-electron chi connectivity index (χ0n) is 13.3. The van der Waals surface area contributed by atoms with Gasteiger partial charge in [0.2, 0.25) is 0 Å². The molecule has 4 rings (SSSR count). The standard InChI is InChI=1S/C19H26N2O/c22-19(21-10-2-1-3-11-21)16-8-6-15(7-9-16)17-12-18(17)20-13-14-4-5-14/h6-9,14,17-18,20H,1-5,10-13H2/t17-,18+/m0/s1. The Labute approximate surface area is 133 Å². The molecule has 1 aliphatic heterocycles. The summed E-state index contributed by atoms with van der Waals surface area (Å²) in [4.78, 5) is 14.5. The minimum atomic E-state index is 0.213. The molecule has 0 bridgehead atoms. The third kappa shape index (κ3) is 3.19. The van der Waals surface area contributed by atoms with Gasteiger partial charge in [0.05, 0.1) is 0 Å². The lowest BCUT2D eigenvalue weighted by molar-refractivity contribution is 0.0724. The maximum atomic E-state index is 12.5. The van der Waals surface area contributed by atoms with Crippen LogP contribution in [0.2, 0.25) is 0 Å². The molecule has 0 spiro atoms. The molecule has 0 unspecified atom stereocenters. The molecule has 0 radical (unpaired) electrons. The van der Waals surface area contributed by atoms with Gasteiger partial charge in [0.1, 0.15) is 0 Å². The average molecular weight is 298 g/mol. The molecule has 3 aliphatic rings. The summed E-state index contributed by atoms with van der Waals surface area (Å²) in [5, 5.41) is 3.68. The maximum absolute atomic E-state index is 12.5. The van der Waals surface area contributed by atoms with Crippen LogP contribution in [0.25, 0.3) is 0 Å². The number of benzene rings is 1. The summed E-state index contributed by atoms with van der Waals surface area (Å²) in [6.45, 7) is 3.05. The van der Waals surface area contributed by atoms with E-state index >= 15 is 0 Å². The number of likely N-dealkylation sites (tertiary alicyclic amines) is 1. The largest absolute Gasteiger partial charge is 0.339 e. The highest BCUT2D eigenvalue weighted by Crippen LogP contribution is 2.41. The molecule has 1 heterocycles. The van der Waals surface area contributed by atoms with Crippen LogP contribution in [0.1, 0.15) is 60.4 Å². The smallest absolute Gasteiger partial charge is 0.253 e. The van der Waals surface area contributed by atoms with Gasteiger partial charge >= 0.3 is 0 Å². The van der Waals surface area contributed by atoms with Crippen LogP contribution in [-0.2, 0) is 0 Å². The second kappa shape index (κ2) is 6.04. The zero-order chi connectivity index (χ0) is 14.9. The molecule has 1 N–H and O–H groups in total. The molecular weight excluding hydrogens is 272 g/mol. The van der Waals surface area contributed by atoms with E-state index in [2.05, 4.69) is 17.4 Å². The minimum Gasteiger partial charge on any atom is -0.339 e. The number of rotatable bonds is 5. The summed E-state index contributed by atoms with van der Waals surface area (Å²) in [7, 11) is 0. The molecule has 1 aromatic carbocycles. The van der Waals surface area contributed by atoms with E-state index in [0.717, 1.165) is 37.4 Å². The van der Waals surface area contributed by atoms with Crippen molar-refractivity contribution in [2.75, 3.05) is 19.6 Å². The van der Waals surface area contributed by atoms with Crippen molar-refractivity contribution in [1.82, 2.24) is 10.2 Å². The van der Waals surface area contributed by atoms with E-state index in [-0.39, 0.29) is 5.91 Å². The molecule has 3 fully saturated rings. The van der Waals surface area contributed by atoms with Crippen LogP contribution in [0.15, 0.2) is 24.3 Å². The minimum absolute atomic E-state index is 0.213. The molecule has 1 amide bonds. The lowest BCUT2D eigenvalue weighted by atomic mass is 10.1. The Morgan fingerprint density at radius 1 is 1.09 bits per heavy atom. The quantitative estimate of drug-likeness (QED) is 0.905. The molecule has 0 aromatic heterocycles. The lowest BCUT2D eigenvalue weighted by Crippen LogP contribution is -2.35. The second-order valence-electron chi connectivity index (χ2n) is 7.28. The van der Waals surface area contributed by atoms with Gasteiger partial charge in [0.15, 0.2) is 0 Å². The Hall–Kier alpha value is -1.35. The SMILES string of the molecule is O=C(c1ccc([C@@H]2C[C@H]2NCC2CC2)cc1)N1CCCCC1. The molecule has 1 aromatic rings. The molecule has 3 heteroatoms. The Balaban J connectivity index is 1.33. The van der Waals surface area contributed by atoms with E-state index in [0.29, 0.717) is 12.0 Å². The first kappa shape index (κ1) is 14.3. The van der Waals surface area contributed by atoms with Crippen LogP contribution in [0.3, 0.4) is 0 Å². The third-order valence-corrected chi connectivity index (χ3v) is 5.39. The van der Waals surface area contributed by atoms with Crippen LogP contribution in [0, 0.1) is 5.92 Å². The van der Waals surface area contributed by atoms with Gasteiger partial charge in [0.25, 0.3) is 5.91 Å². The van der Waals surface area contributed by atoms with Gasteiger partial charge in [-0.3, -0.25) is 4.79 Å². The topological polar surface area (TPSA) is 32.3 Å². The van der Waals surface area contributed by atoms with E-state index in [1.807, 2.05) is 17.0 Å². The van der Waals surface area contributed by atoms with Gasteiger partial charge in [-0.1, -0.05) is 12.1 Å². The van der Waals surface area contributed by atoms with Crippen molar-refractivity contribution in [3.8, 4) is 0 Å². The van der Waals surface area contributed by atoms with Crippen molar-refractivity contribution in [3.63, 3.8) is 0 Å². The number of hydrogen-bond acceptors (Lipinski definition) is 2. The summed E-state index contributed by atoms with van der Waals surface area (Å²) in [6, 6.07) is 9.07. The first-order valence-electron chi connectivity index (χ1n) is 8.94. The van der Waals surface area contributed by atoms with E-state index in [9.17, 15) is 4.79 Å². The molecule has 118 valence electrons. The fourth-order valence-electron chi connectivity index (χ4n) is 3.58. The van der Waals surface area contributed by atoms with E-state index in [1.165, 1.54) is 37.8 Å². The maximum Gasteiger partial charge on any atom is 0.253 e. The average Bonchev–Trinajstić information content (AvgIpc) is 3.47. The number of carbonyl (C=O) groups is 1. The number of nitrogens with one attached hydrogen (secondary N) is 1. The van der Waals surface area contributed by atoms with Crippen molar-refractivity contribution >= 4 is 5.91 Å². The van der Waals surface area contributed by atoms with Crippen molar-refractivity contribution in [1.29, 1.82) is 0 Å². The Morgan fingerprint density at radius 3 is 2.50 bits per heavy atom. The van der Waals surface area contributed by atoms with Crippen LogP contribution >= 0.6 is 0 Å². The summed E-state index contributed by atoms with van der Waals surface area (Å²) < 4.78 is 0. The molecule has 2 saturated carbocycles. The Kier molecular flexibility index (Phi) is 3.91. The van der Waals surface area contributed by atoms with Gasteiger partial charge in [0, 0.05) is 30.6 Å². The summed E-state index contributed by atoms with van der Waals surface area (Å²) in [5.41, 5.74) is 2.25.